The molecule has 0 amide bonds. The Morgan fingerprint density at radius 1 is 0.625 bits per heavy atom. The van der Waals surface area contributed by atoms with Gasteiger partial charge < -0.3 is 20.4 Å². The van der Waals surface area contributed by atoms with Gasteiger partial charge in [-0.1, -0.05) is 48.5 Å². The average Bonchev–Trinajstić information content (AvgIpc) is 2.75. The first-order valence-corrected chi connectivity index (χ1v) is 10.3. The molecule has 0 saturated carbocycles. The van der Waals surface area contributed by atoms with Crippen LogP contribution in [0.5, 0.6) is 11.5 Å². The number of aromatic hydroxyl groups is 2. The molecule has 0 aliphatic heterocycles. The number of unbranched alkanes of at least 4 members (excludes halogenated alkanes) is 1. The molecule has 162 valence electrons. The number of phenols is 2. The molecule has 0 aliphatic rings. The van der Waals surface area contributed by atoms with Gasteiger partial charge in [0.1, 0.15) is 22.6 Å². The molecule has 6 nitrogen and oxygen atoms in total. The van der Waals surface area contributed by atoms with Crippen LogP contribution in [-0.2, 0) is 12.8 Å². The lowest BCUT2D eigenvalue weighted by molar-refractivity contribution is 0.0681. The number of fused-ring (bicyclic) bond motifs is 2. The van der Waals surface area contributed by atoms with Crippen molar-refractivity contribution in [2.24, 2.45) is 0 Å². The van der Waals surface area contributed by atoms with E-state index in [1.807, 2.05) is 48.5 Å². The van der Waals surface area contributed by atoms with Gasteiger partial charge in [0, 0.05) is 0 Å². The van der Waals surface area contributed by atoms with Crippen molar-refractivity contribution >= 4 is 33.5 Å². The summed E-state index contributed by atoms with van der Waals surface area (Å²) in [6, 6.07) is 17.5. The smallest absolute Gasteiger partial charge is 0.339 e. The van der Waals surface area contributed by atoms with Gasteiger partial charge in [0.25, 0.3) is 0 Å². The number of carboxylic acids is 2. The van der Waals surface area contributed by atoms with Crippen LogP contribution in [0.4, 0.5) is 0 Å². The maximum absolute atomic E-state index is 11.8. The summed E-state index contributed by atoms with van der Waals surface area (Å²) >= 11 is 0. The highest BCUT2D eigenvalue weighted by Gasteiger charge is 2.20. The largest absolute Gasteiger partial charge is 0.507 e. The summed E-state index contributed by atoms with van der Waals surface area (Å²) in [5.74, 6) is -2.90. The lowest BCUT2D eigenvalue weighted by Crippen LogP contribution is -2.06. The second-order valence-corrected chi connectivity index (χ2v) is 7.76. The molecular formula is C26H22O6. The highest BCUT2D eigenvalue weighted by atomic mass is 16.4. The number of aryl methyl sites for hydroxylation is 2. The lowest BCUT2D eigenvalue weighted by atomic mass is 9.91. The maximum atomic E-state index is 11.8. The summed E-state index contributed by atoms with van der Waals surface area (Å²) in [5.41, 5.74) is 0.926. The Balaban J connectivity index is 1.64. The van der Waals surface area contributed by atoms with Crippen LogP contribution >= 0.6 is 0 Å². The standard InChI is InChI=1S/C26H22O6/c27-21-13-15-7-1-3-9-17(15)19(23(21)25(29)30)11-5-6-12-20-18-10-4-2-8-16(18)14-22(28)24(20)26(31)32/h1-4,7-10,13-14,27-28H,5-6,11-12H2,(H,29,30)(H,31,32). The minimum absolute atomic E-state index is 0.0993. The SMILES string of the molecule is O=C(O)c1c(O)cc2ccccc2c1CCCCc1c(C(=O)O)c(O)cc2ccccc12. The van der Waals surface area contributed by atoms with E-state index < -0.39 is 11.9 Å². The second-order valence-electron chi connectivity index (χ2n) is 7.76. The molecule has 0 unspecified atom stereocenters. The average molecular weight is 430 g/mol. The third-order valence-corrected chi connectivity index (χ3v) is 5.80. The summed E-state index contributed by atoms with van der Waals surface area (Å²) in [6.45, 7) is 0. The van der Waals surface area contributed by atoms with Crippen molar-refractivity contribution in [1.29, 1.82) is 0 Å². The van der Waals surface area contributed by atoms with Gasteiger partial charge in [0.15, 0.2) is 0 Å². The minimum atomic E-state index is -1.18. The van der Waals surface area contributed by atoms with E-state index in [-0.39, 0.29) is 22.6 Å². The van der Waals surface area contributed by atoms with Crippen LogP contribution in [0, 0.1) is 0 Å². The Morgan fingerprint density at radius 2 is 1.00 bits per heavy atom. The maximum Gasteiger partial charge on any atom is 0.339 e. The van der Waals surface area contributed by atoms with Crippen LogP contribution in [0.2, 0.25) is 0 Å². The molecule has 0 aliphatic carbocycles. The Labute approximate surface area is 184 Å². The van der Waals surface area contributed by atoms with Gasteiger partial charge in [0.2, 0.25) is 0 Å². The van der Waals surface area contributed by atoms with Gasteiger partial charge in [-0.05, 0) is 70.5 Å². The summed E-state index contributed by atoms with van der Waals surface area (Å²) in [5, 5.41) is 42.9. The molecule has 0 spiro atoms. The molecule has 0 fully saturated rings. The van der Waals surface area contributed by atoms with E-state index >= 15 is 0 Å². The fraction of sp³-hybridized carbons (Fsp3) is 0.154. The molecule has 0 radical (unpaired) electrons. The molecule has 4 aromatic rings. The van der Waals surface area contributed by atoms with E-state index in [0.29, 0.717) is 36.8 Å². The zero-order chi connectivity index (χ0) is 22.8. The molecule has 4 aromatic carbocycles. The van der Waals surface area contributed by atoms with E-state index in [1.54, 1.807) is 0 Å². The molecule has 0 aromatic heterocycles. The third kappa shape index (κ3) is 3.83. The van der Waals surface area contributed by atoms with Crippen LogP contribution in [0.15, 0.2) is 60.7 Å². The normalized spacial score (nSPS) is 11.1. The third-order valence-electron chi connectivity index (χ3n) is 5.80. The monoisotopic (exact) mass is 430 g/mol. The molecule has 0 bridgehead atoms. The van der Waals surface area contributed by atoms with E-state index in [1.165, 1.54) is 12.1 Å². The highest BCUT2D eigenvalue weighted by Crippen LogP contribution is 2.34. The van der Waals surface area contributed by atoms with Crippen LogP contribution in [0.25, 0.3) is 21.5 Å². The van der Waals surface area contributed by atoms with E-state index in [0.717, 1.165) is 21.5 Å². The van der Waals surface area contributed by atoms with Crippen LogP contribution in [0.1, 0.15) is 44.7 Å². The number of aromatic carboxylic acids is 2. The molecule has 4 rings (SSSR count). The van der Waals surface area contributed by atoms with Crippen molar-refractivity contribution in [3.63, 3.8) is 0 Å². The van der Waals surface area contributed by atoms with Crippen molar-refractivity contribution in [2.75, 3.05) is 0 Å². The summed E-state index contributed by atoms with van der Waals surface area (Å²) < 4.78 is 0. The van der Waals surface area contributed by atoms with E-state index in [9.17, 15) is 30.0 Å². The van der Waals surface area contributed by atoms with E-state index in [2.05, 4.69) is 0 Å². The van der Waals surface area contributed by atoms with Gasteiger partial charge in [-0.15, -0.1) is 0 Å². The molecule has 6 heteroatoms. The fourth-order valence-electron chi connectivity index (χ4n) is 4.41. The Kier molecular flexibility index (Phi) is 5.69. The highest BCUT2D eigenvalue weighted by molar-refractivity contribution is 6.02. The quantitative estimate of drug-likeness (QED) is 0.293. The number of hydrogen-bond donors (Lipinski definition) is 4. The fourth-order valence-corrected chi connectivity index (χ4v) is 4.41. The van der Waals surface area contributed by atoms with Crippen LogP contribution < -0.4 is 0 Å². The Hall–Kier alpha value is -4.06. The Bertz CT molecular complexity index is 1250. The predicted octanol–water partition coefficient (Wildman–Crippen LogP) is 5.37. The number of rotatable bonds is 7. The minimum Gasteiger partial charge on any atom is -0.507 e. The number of carboxylic acid groups (broad SMARTS) is 2. The summed E-state index contributed by atoms with van der Waals surface area (Å²) in [4.78, 5) is 23.6. The molecular weight excluding hydrogens is 408 g/mol. The molecule has 0 saturated heterocycles. The van der Waals surface area contributed by atoms with Gasteiger partial charge in [-0.2, -0.15) is 0 Å². The first-order valence-electron chi connectivity index (χ1n) is 10.3. The molecule has 0 atom stereocenters. The lowest BCUT2D eigenvalue weighted by Gasteiger charge is -2.14. The topological polar surface area (TPSA) is 115 Å². The first kappa shape index (κ1) is 21.2. The molecule has 32 heavy (non-hydrogen) atoms. The number of carbonyl (C=O) groups is 2. The molecule has 4 N–H and O–H groups in total. The van der Waals surface area contributed by atoms with Gasteiger partial charge in [-0.25, -0.2) is 9.59 Å². The second kappa shape index (κ2) is 8.59. The van der Waals surface area contributed by atoms with Crippen molar-refractivity contribution in [3.8, 4) is 11.5 Å². The van der Waals surface area contributed by atoms with Crippen LogP contribution in [-0.4, -0.2) is 32.4 Å². The zero-order valence-electron chi connectivity index (χ0n) is 17.2. The van der Waals surface area contributed by atoms with Gasteiger partial charge in [-0.3, -0.25) is 0 Å². The van der Waals surface area contributed by atoms with Crippen molar-refractivity contribution in [3.05, 3.63) is 82.9 Å². The van der Waals surface area contributed by atoms with Gasteiger partial charge >= 0.3 is 11.9 Å². The van der Waals surface area contributed by atoms with Crippen LogP contribution in [0.3, 0.4) is 0 Å². The first-order chi connectivity index (χ1) is 15.4. The van der Waals surface area contributed by atoms with Crippen molar-refractivity contribution in [2.45, 2.75) is 25.7 Å². The summed E-state index contributed by atoms with van der Waals surface area (Å²) in [7, 11) is 0. The zero-order valence-corrected chi connectivity index (χ0v) is 17.2. The van der Waals surface area contributed by atoms with E-state index in [4.69, 9.17) is 0 Å². The number of hydrogen-bond acceptors (Lipinski definition) is 4. The number of benzene rings is 4. The van der Waals surface area contributed by atoms with Crippen molar-refractivity contribution < 1.29 is 30.0 Å². The van der Waals surface area contributed by atoms with Crippen molar-refractivity contribution in [1.82, 2.24) is 0 Å². The predicted molar refractivity (Wildman–Crippen MR) is 122 cm³/mol. The van der Waals surface area contributed by atoms with Gasteiger partial charge in [0.05, 0.1) is 0 Å². The molecule has 0 heterocycles. The summed E-state index contributed by atoms with van der Waals surface area (Å²) in [6.07, 6.45) is 1.99. The Morgan fingerprint density at radius 3 is 1.38 bits per heavy atom.